The summed E-state index contributed by atoms with van der Waals surface area (Å²) < 4.78 is 0. The quantitative estimate of drug-likeness (QED) is 0.595. The Morgan fingerprint density at radius 1 is 1.26 bits per heavy atom. The number of carbonyl (C=O) groups excluding carboxylic acids is 1. The van der Waals surface area contributed by atoms with Crippen LogP contribution in [0.2, 0.25) is 0 Å². The minimum atomic E-state index is -0.306. The number of thiazole rings is 1. The van der Waals surface area contributed by atoms with E-state index in [9.17, 15) is 4.79 Å². The van der Waals surface area contributed by atoms with Crippen LogP contribution in [-0.4, -0.2) is 28.9 Å². The molecule has 0 N–H and O–H groups in total. The first-order valence-electron chi connectivity index (χ1n) is 6.81. The number of nitrogens with zero attached hydrogens (tertiary/aromatic N) is 4. The number of hydrogen-bond donors (Lipinski definition) is 0. The third kappa shape index (κ3) is 4.82. The van der Waals surface area contributed by atoms with E-state index in [-0.39, 0.29) is 19.0 Å². The van der Waals surface area contributed by atoms with Gasteiger partial charge in [0.25, 0.3) is 5.91 Å². The molecule has 0 saturated carbocycles. The van der Waals surface area contributed by atoms with E-state index in [1.54, 1.807) is 35.2 Å². The van der Waals surface area contributed by atoms with Gasteiger partial charge in [0.05, 0.1) is 22.8 Å². The van der Waals surface area contributed by atoms with Gasteiger partial charge in [0.15, 0.2) is 0 Å². The van der Waals surface area contributed by atoms with Crippen molar-refractivity contribution in [3.05, 3.63) is 45.9 Å². The first kappa shape index (κ1) is 17.0. The Kier molecular flexibility index (Phi) is 6.16. The first-order valence-corrected chi connectivity index (χ1v) is 8.67. The van der Waals surface area contributed by atoms with Gasteiger partial charge < -0.3 is 4.90 Å². The number of amides is 1. The summed E-state index contributed by atoms with van der Waals surface area (Å²) in [5, 5.41) is 20.5. The van der Waals surface area contributed by atoms with Crippen LogP contribution in [0.3, 0.4) is 0 Å². The third-order valence-electron chi connectivity index (χ3n) is 2.96. The third-order valence-corrected chi connectivity index (χ3v) is 4.83. The number of thioether (sulfide) groups is 1. The summed E-state index contributed by atoms with van der Waals surface area (Å²) in [4.78, 5) is 18.9. The van der Waals surface area contributed by atoms with Crippen LogP contribution in [0, 0.1) is 29.6 Å². The molecule has 0 aliphatic heterocycles. The summed E-state index contributed by atoms with van der Waals surface area (Å²) in [6, 6.07) is 11.0. The molecular formula is C16H14N4OS2. The minimum absolute atomic E-state index is 0.0912. The molecule has 0 fully saturated rings. The van der Waals surface area contributed by atoms with E-state index in [2.05, 4.69) is 4.98 Å². The van der Waals surface area contributed by atoms with Gasteiger partial charge in [-0.05, 0) is 31.2 Å². The van der Waals surface area contributed by atoms with Crippen molar-refractivity contribution in [1.29, 1.82) is 10.5 Å². The van der Waals surface area contributed by atoms with Crippen LogP contribution in [-0.2, 0) is 5.75 Å². The largest absolute Gasteiger partial charge is 0.312 e. The molecule has 1 aromatic carbocycles. The maximum absolute atomic E-state index is 12.2. The van der Waals surface area contributed by atoms with Crippen molar-refractivity contribution in [1.82, 2.24) is 9.88 Å². The van der Waals surface area contributed by atoms with E-state index in [1.807, 2.05) is 36.6 Å². The molecule has 7 heteroatoms. The van der Waals surface area contributed by atoms with Crippen LogP contribution in [0.5, 0.6) is 0 Å². The number of hydrogen-bond acceptors (Lipinski definition) is 6. The minimum Gasteiger partial charge on any atom is -0.312 e. The van der Waals surface area contributed by atoms with Crippen molar-refractivity contribution in [2.24, 2.45) is 0 Å². The predicted octanol–water partition coefficient (Wildman–Crippen LogP) is 3.23. The van der Waals surface area contributed by atoms with Gasteiger partial charge in [-0.2, -0.15) is 10.5 Å². The Hall–Kier alpha value is -2.35. The Morgan fingerprint density at radius 2 is 1.91 bits per heavy atom. The molecule has 0 radical (unpaired) electrons. The molecule has 116 valence electrons. The number of aromatic nitrogens is 1. The van der Waals surface area contributed by atoms with Crippen molar-refractivity contribution < 1.29 is 4.79 Å². The van der Waals surface area contributed by atoms with Gasteiger partial charge in [-0.25, -0.2) is 4.98 Å². The van der Waals surface area contributed by atoms with Crippen molar-refractivity contribution in [3.8, 4) is 12.1 Å². The molecule has 1 aromatic heterocycles. The van der Waals surface area contributed by atoms with Gasteiger partial charge in [0.2, 0.25) is 0 Å². The van der Waals surface area contributed by atoms with Crippen molar-refractivity contribution in [2.45, 2.75) is 17.6 Å². The summed E-state index contributed by atoms with van der Waals surface area (Å²) in [5.74, 6) is 0.479. The van der Waals surface area contributed by atoms with Gasteiger partial charge in [-0.3, -0.25) is 4.79 Å². The molecule has 0 bridgehead atoms. The number of benzene rings is 1. The number of rotatable bonds is 6. The zero-order valence-electron chi connectivity index (χ0n) is 12.5. The maximum atomic E-state index is 12.2. The van der Waals surface area contributed by atoms with Crippen molar-refractivity contribution in [3.63, 3.8) is 0 Å². The van der Waals surface area contributed by atoms with Gasteiger partial charge in [-0.15, -0.1) is 23.1 Å². The number of nitriles is 2. The van der Waals surface area contributed by atoms with Crippen LogP contribution >= 0.6 is 23.1 Å². The second-order valence-electron chi connectivity index (χ2n) is 4.65. The lowest BCUT2D eigenvalue weighted by molar-refractivity contribution is 0.0794. The maximum Gasteiger partial charge on any atom is 0.255 e. The topological polar surface area (TPSA) is 80.8 Å². The smallest absolute Gasteiger partial charge is 0.255 e. The van der Waals surface area contributed by atoms with Crippen LogP contribution in [0.1, 0.15) is 21.1 Å². The number of carbonyl (C=O) groups is 1. The SMILES string of the molecule is Cc1nc(CSc2ccc(C(=O)N(CC#N)CC#N)cc2)cs1. The van der Waals surface area contributed by atoms with Crippen molar-refractivity contribution in [2.75, 3.05) is 13.1 Å². The molecule has 0 saturated heterocycles. The van der Waals surface area contributed by atoms with Gasteiger partial charge in [-0.1, -0.05) is 0 Å². The molecule has 0 aliphatic carbocycles. The summed E-state index contributed by atoms with van der Waals surface area (Å²) in [5.41, 5.74) is 1.52. The highest BCUT2D eigenvalue weighted by atomic mass is 32.2. The van der Waals surface area contributed by atoms with Gasteiger partial charge in [0.1, 0.15) is 13.1 Å². The molecule has 0 aliphatic rings. The van der Waals surface area contributed by atoms with Crippen molar-refractivity contribution >= 4 is 29.0 Å². The van der Waals surface area contributed by atoms with E-state index in [4.69, 9.17) is 10.5 Å². The van der Waals surface area contributed by atoms with Crippen LogP contribution in [0.15, 0.2) is 34.5 Å². The molecule has 0 unspecified atom stereocenters. The highest BCUT2D eigenvalue weighted by Gasteiger charge is 2.15. The highest BCUT2D eigenvalue weighted by molar-refractivity contribution is 7.98. The number of aryl methyl sites for hydroxylation is 1. The lowest BCUT2D eigenvalue weighted by atomic mass is 10.2. The lowest BCUT2D eigenvalue weighted by Gasteiger charge is -2.15. The van der Waals surface area contributed by atoms with Crippen LogP contribution in [0.25, 0.3) is 0 Å². The standard InChI is InChI=1S/C16H14N4OS2/c1-12-19-14(10-22-12)11-23-15-4-2-13(3-5-15)16(21)20(8-6-17)9-7-18/h2-5,10H,8-9,11H2,1H3. The average molecular weight is 342 g/mol. The summed E-state index contributed by atoms with van der Waals surface area (Å²) in [6.07, 6.45) is 0. The summed E-state index contributed by atoms with van der Waals surface area (Å²) >= 11 is 3.28. The van der Waals surface area contributed by atoms with E-state index >= 15 is 0 Å². The van der Waals surface area contributed by atoms with E-state index in [0.717, 1.165) is 21.3 Å². The Morgan fingerprint density at radius 3 is 2.43 bits per heavy atom. The molecule has 23 heavy (non-hydrogen) atoms. The van der Waals surface area contributed by atoms with Gasteiger partial charge >= 0.3 is 0 Å². The summed E-state index contributed by atoms with van der Waals surface area (Å²) in [6.45, 7) is 1.80. The fourth-order valence-corrected chi connectivity index (χ4v) is 3.39. The molecule has 5 nitrogen and oxygen atoms in total. The predicted molar refractivity (Wildman–Crippen MR) is 90.0 cm³/mol. The molecule has 1 heterocycles. The Balaban J connectivity index is 1.99. The monoisotopic (exact) mass is 342 g/mol. The second kappa shape index (κ2) is 8.33. The lowest BCUT2D eigenvalue weighted by Crippen LogP contribution is -2.31. The van der Waals surface area contributed by atoms with E-state index in [1.165, 1.54) is 4.90 Å². The van der Waals surface area contributed by atoms with E-state index < -0.39 is 0 Å². The molecular weight excluding hydrogens is 328 g/mol. The summed E-state index contributed by atoms with van der Waals surface area (Å²) in [7, 11) is 0. The highest BCUT2D eigenvalue weighted by Crippen LogP contribution is 2.24. The molecule has 0 spiro atoms. The van der Waals surface area contributed by atoms with Crippen LogP contribution in [0.4, 0.5) is 0 Å². The first-order chi connectivity index (χ1) is 11.1. The Labute approximate surface area is 143 Å². The van der Waals surface area contributed by atoms with Gasteiger partial charge in [0, 0.05) is 21.6 Å². The van der Waals surface area contributed by atoms with Crippen LogP contribution < -0.4 is 0 Å². The normalized spacial score (nSPS) is 9.87. The Bertz CT molecular complexity index is 740. The van der Waals surface area contributed by atoms with E-state index in [0.29, 0.717) is 5.56 Å². The molecule has 2 aromatic rings. The molecule has 1 amide bonds. The second-order valence-corrected chi connectivity index (χ2v) is 6.76. The zero-order valence-corrected chi connectivity index (χ0v) is 14.2. The fraction of sp³-hybridized carbons (Fsp3) is 0.250. The molecule has 0 atom stereocenters. The molecule has 2 rings (SSSR count). The zero-order chi connectivity index (χ0) is 16.7. The fourth-order valence-electron chi connectivity index (χ4n) is 1.88. The average Bonchev–Trinajstić information content (AvgIpc) is 2.98.